The van der Waals surface area contributed by atoms with E-state index in [0.29, 0.717) is 13.1 Å². The molecule has 0 spiro atoms. The summed E-state index contributed by atoms with van der Waals surface area (Å²) in [5, 5.41) is 2.91. The van der Waals surface area contributed by atoms with Crippen LogP contribution in [0.3, 0.4) is 0 Å². The van der Waals surface area contributed by atoms with Crippen molar-refractivity contribution in [3.05, 3.63) is 72.4 Å². The molecule has 0 saturated carbocycles. The summed E-state index contributed by atoms with van der Waals surface area (Å²) in [6.07, 6.45) is 2.07. The molecule has 0 radical (unpaired) electrons. The Hall–Kier alpha value is -3.56. The highest BCUT2D eigenvalue weighted by Crippen LogP contribution is 2.22. The Morgan fingerprint density at radius 2 is 1.93 bits per heavy atom. The van der Waals surface area contributed by atoms with Crippen LogP contribution in [-0.2, 0) is 13.1 Å². The number of imidazole rings is 1. The molecule has 10 heteroatoms. The average molecular weight is 390 g/mol. The maximum atomic E-state index is 12.2. The fourth-order valence-corrected chi connectivity index (χ4v) is 2.33. The van der Waals surface area contributed by atoms with Crippen LogP contribution in [0, 0.1) is 0 Å². The molecule has 0 aliphatic rings. The number of hydrogen-bond donors (Lipinski definition) is 2. The van der Waals surface area contributed by atoms with Crippen molar-refractivity contribution in [1.29, 1.82) is 0 Å². The zero-order chi connectivity index (χ0) is 20.0. The van der Waals surface area contributed by atoms with Crippen molar-refractivity contribution in [2.45, 2.75) is 19.5 Å². The predicted molar refractivity (Wildman–Crippen MR) is 96.7 cm³/mol. The van der Waals surface area contributed by atoms with E-state index in [1.807, 2.05) is 12.1 Å². The fourth-order valence-electron chi connectivity index (χ4n) is 2.33. The number of hydrogen-bond acceptors (Lipinski definition) is 4. The summed E-state index contributed by atoms with van der Waals surface area (Å²) < 4.78 is 42.1. The summed E-state index contributed by atoms with van der Waals surface area (Å²) in [5.41, 5.74) is 7.50. The number of pyridine rings is 1. The third-order valence-corrected chi connectivity index (χ3v) is 3.64. The van der Waals surface area contributed by atoms with Gasteiger partial charge in [0.25, 0.3) is 0 Å². The number of alkyl halides is 3. The van der Waals surface area contributed by atoms with Gasteiger partial charge in [0.2, 0.25) is 0 Å². The lowest BCUT2D eigenvalue weighted by molar-refractivity contribution is -0.274. The molecular weight excluding hydrogens is 373 g/mol. The summed E-state index contributed by atoms with van der Waals surface area (Å²) in [6, 6.07) is 9.22. The Labute approximate surface area is 158 Å². The molecular formula is C18H17F3N6O. The predicted octanol–water partition coefficient (Wildman–Crippen LogP) is 2.77. The highest BCUT2D eigenvalue weighted by molar-refractivity contribution is 5.77. The van der Waals surface area contributed by atoms with Crippen LogP contribution in [0.15, 0.2) is 66.3 Å². The van der Waals surface area contributed by atoms with E-state index in [-0.39, 0.29) is 11.7 Å². The number of ether oxygens (including phenoxy) is 1. The number of guanidine groups is 1. The van der Waals surface area contributed by atoms with Crippen molar-refractivity contribution in [1.82, 2.24) is 19.9 Å². The van der Waals surface area contributed by atoms with Gasteiger partial charge in [-0.1, -0.05) is 12.1 Å². The molecule has 3 N–H and O–H groups in total. The van der Waals surface area contributed by atoms with Crippen LogP contribution in [-0.4, -0.2) is 26.9 Å². The minimum atomic E-state index is -4.71. The van der Waals surface area contributed by atoms with E-state index in [4.69, 9.17) is 5.73 Å². The first kappa shape index (κ1) is 19.2. The Bertz CT molecular complexity index is 923. The van der Waals surface area contributed by atoms with E-state index < -0.39 is 6.36 Å². The lowest BCUT2D eigenvalue weighted by Crippen LogP contribution is -2.31. The number of nitrogens with two attached hydrogens (primary N) is 1. The van der Waals surface area contributed by atoms with Crippen molar-refractivity contribution in [3.8, 4) is 11.6 Å². The standard InChI is InChI=1S/C18H17F3N6O/c19-18(20,21)28-15-3-1-13(2-4-15)10-25-17(22)26-11-14-5-6-24-16(9-14)27-8-7-23-12-27/h1-9,12H,10-11H2,(H3,22,25,26). The molecule has 28 heavy (non-hydrogen) atoms. The SMILES string of the molecule is NC(=NCc1ccnc(-n2ccnc2)c1)NCc1ccc(OC(F)(F)F)cc1. The summed E-state index contributed by atoms with van der Waals surface area (Å²) in [7, 11) is 0. The van der Waals surface area contributed by atoms with E-state index in [9.17, 15) is 13.2 Å². The molecule has 3 rings (SSSR count). The van der Waals surface area contributed by atoms with Crippen LogP contribution in [0.1, 0.15) is 11.1 Å². The van der Waals surface area contributed by atoms with E-state index in [2.05, 4.69) is 25.0 Å². The second kappa shape index (κ2) is 8.42. The Morgan fingerprint density at radius 3 is 2.61 bits per heavy atom. The monoisotopic (exact) mass is 390 g/mol. The number of benzene rings is 1. The van der Waals surface area contributed by atoms with Crippen molar-refractivity contribution >= 4 is 5.96 Å². The lowest BCUT2D eigenvalue weighted by Gasteiger charge is -2.10. The molecule has 0 amide bonds. The Morgan fingerprint density at radius 1 is 1.14 bits per heavy atom. The van der Waals surface area contributed by atoms with Crippen molar-refractivity contribution in [2.24, 2.45) is 10.7 Å². The molecule has 3 aromatic rings. The average Bonchev–Trinajstić information content (AvgIpc) is 3.20. The molecule has 0 aliphatic carbocycles. The molecule has 0 fully saturated rings. The fraction of sp³-hybridized carbons (Fsp3) is 0.167. The number of rotatable bonds is 6. The van der Waals surface area contributed by atoms with Gasteiger partial charge in [-0.25, -0.2) is 15.0 Å². The minimum Gasteiger partial charge on any atom is -0.406 e. The molecule has 0 aliphatic heterocycles. The highest BCUT2D eigenvalue weighted by atomic mass is 19.4. The van der Waals surface area contributed by atoms with Crippen molar-refractivity contribution < 1.29 is 17.9 Å². The first-order valence-electron chi connectivity index (χ1n) is 8.21. The molecule has 146 valence electrons. The van der Waals surface area contributed by atoms with Crippen LogP contribution in [0.2, 0.25) is 0 Å². The summed E-state index contributed by atoms with van der Waals surface area (Å²) in [6.45, 7) is 0.666. The number of aliphatic imine (C=N–C) groups is 1. The molecule has 0 atom stereocenters. The topological polar surface area (TPSA) is 90.4 Å². The van der Waals surface area contributed by atoms with Gasteiger partial charge >= 0.3 is 6.36 Å². The number of aromatic nitrogens is 3. The molecule has 7 nitrogen and oxygen atoms in total. The zero-order valence-corrected chi connectivity index (χ0v) is 14.6. The lowest BCUT2D eigenvalue weighted by atomic mass is 10.2. The van der Waals surface area contributed by atoms with Gasteiger partial charge in [0.15, 0.2) is 5.96 Å². The van der Waals surface area contributed by atoms with Gasteiger partial charge in [-0.3, -0.25) is 4.57 Å². The molecule has 2 aromatic heterocycles. The number of nitrogens with zero attached hydrogens (tertiary/aromatic N) is 4. The summed E-state index contributed by atoms with van der Waals surface area (Å²) >= 11 is 0. The van der Waals surface area contributed by atoms with Crippen LogP contribution in [0.25, 0.3) is 5.82 Å². The number of nitrogens with one attached hydrogen (secondary N) is 1. The third-order valence-electron chi connectivity index (χ3n) is 3.64. The quantitative estimate of drug-likeness (QED) is 0.499. The van der Waals surface area contributed by atoms with Gasteiger partial charge in [0.05, 0.1) is 6.54 Å². The Kier molecular flexibility index (Phi) is 5.78. The second-order valence-corrected chi connectivity index (χ2v) is 5.74. The van der Waals surface area contributed by atoms with Crippen LogP contribution in [0.4, 0.5) is 13.2 Å². The summed E-state index contributed by atoms with van der Waals surface area (Å²) in [5.74, 6) is 0.666. The van der Waals surface area contributed by atoms with Gasteiger partial charge in [-0.05, 0) is 35.4 Å². The van der Waals surface area contributed by atoms with Gasteiger partial charge < -0.3 is 15.8 Å². The van der Waals surface area contributed by atoms with E-state index in [1.165, 1.54) is 24.3 Å². The largest absolute Gasteiger partial charge is 0.573 e. The van der Waals surface area contributed by atoms with Crippen LogP contribution in [0.5, 0.6) is 5.75 Å². The summed E-state index contributed by atoms with van der Waals surface area (Å²) in [4.78, 5) is 12.5. The van der Waals surface area contributed by atoms with Crippen LogP contribution >= 0.6 is 0 Å². The van der Waals surface area contributed by atoms with Crippen molar-refractivity contribution in [2.75, 3.05) is 0 Å². The molecule has 1 aromatic carbocycles. The molecule has 2 heterocycles. The van der Waals surface area contributed by atoms with E-state index >= 15 is 0 Å². The second-order valence-electron chi connectivity index (χ2n) is 5.74. The maximum absolute atomic E-state index is 12.2. The van der Waals surface area contributed by atoms with Crippen LogP contribution < -0.4 is 15.8 Å². The molecule has 0 saturated heterocycles. The van der Waals surface area contributed by atoms with Crippen molar-refractivity contribution in [3.63, 3.8) is 0 Å². The van der Waals surface area contributed by atoms with E-state index in [0.717, 1.165) is 16.9 Å². The maximum Gasteiger partial charge on any atom is 0.573 e. The normalized spacial score (nSPS) is 12.0. The smallest absolute Gasteiger partial charge is 0.406 e. The van der Waals surface area contributed by atoms with Gasteiger partial charge in [-0.2, -0.15) is 0 Å². The van der Waals surface area contributed by atoms with Gasteiger partial charge in [-0.15, -0.1) is 13.2 Å². The zero-order valence-electron chi connectivity index (χ0n) is 14.6. The first-order chi connectivity index (χ1) is 13.4. The Balaban J connectivity index is 1.53. The first-order valence-corrected chi connectivity index (χ1v) is 8.21. The minimum absolute atomic E-state index is 0.219. The number of halogens is 3. The third kappa shape index (κ3) is 5.73. The van der Waals surface area contributed by atoms with E-state index in [1.54, 1.807) is 29.5 Å². The van der Waals surface area contributed by atoms with Gasteiger partial charge in [0.1, 0.15) is 17.9 Å². The van der Waals surface area contributed by atoms with Gasteiger partial charge in [0, 0.05) is 25.1 Å². The highest BCUT2D eigenvalue weighted by Gasteiger charge is 2.30. The molecule has 0 unspecified atom stereocenters. The molecule has 0 bridgehead atoms.